The lowest BCUT2D eigenvalue weighted by Gasteiger charge is -2.38. The summed E-state index contributed by atoms with van der Waals surface area (Å²) in [5, 5.41) is 3.37. The third-order valence-electron chi connectivity index (χ3n) is 4.03. The summed E-state index contributed by atoms with van der Waals surface area (Å²) in [7, 11) is 0. The van der Waals surface area contributed by atoms with Crippen molar-refractivity contribution in [1.82, 2.24) is 10.2 Å². The molecule has 1 aromatic carbocycles. The minimum Gasteiger partial charge on any atom is -0.315 e. The van der Waals surface area contributed by atoms with E-state index < -0.39 is 11.6 Å². The summed E-state index contributed by atoms with van der Waals surface area (Å²) in [6.45, 7) is 6.84. The Morgan fingerprint density at radius 1 is 1.42 bits per heavy atom. The molecule has 2 nitrogen and oxygen atoms in total. The molecule has 1 aromatic rings. The molecule has 2 unspecified atom stereocenters. The molecule has 1 fully saturated rings. The maximum atomic E-state index is 13.9. The van der Waals surface area contributed by atoms with Crippen LogP contribution in [0.15, 0.2) is 18.2 Å². The number of nitrogens with zero attached hydrogens (tertiary/aromatic N) is 1. The number of benzene rings is 1. The first-order valence-corrected chi connectivity index (χ1v) is 7.05. The van der Waals surface area contributed by atoms with Gasteiger partial charge in [-0.1, -0.05) is 19.1 Å². The fraction of sp³-hybridized carbons (Fsp3) is 0.600. The first kappa shape index (κ1) is 14.4. The van der Waals surface area contributed by atoms with Crippen molar-refractivity contribution in [2.24, 2.45) is 0 Å². The minimum atomic E-state index is -0.762. The summed E-state index contributed by atoms with van der Waals surface area (Å²) in [5.74, 6) is -1.47. The Morgan fingerprint density at radius 2 is 2.21 bits per heavy atom. The molecule has 0 aromatic heterocycles. The smallest absolute Gasteiger partial charge is 0.163 e. The molecule has 19 heavy (non-hydrogen) atoms. The summed E-state index contributed by atoms with van der Waals surface area (Å²) < 4.78 is 27.2. The lowest BCUT2D eigenvalue weighted by atomic mass is 10.00. The summed E-state index contributed by atoms with van der Waals surface area (Å²) in [6.07, 6.45) is 2.25. The van der Waals surface area contributed by atoms with Crippen LogP contribution in [0.5, 0.6) is 0 Å². The second-order valence-corrected chi connectivity index (χ2v) is 5.15. The maximum Gasteiger partial charge on any atom is 0.163 e. The van der Waals surface area contributed by atoms with E-state index >= 15 is 0 Å². The van der Waals surface area contributed by atoms with E-state index in [1.165, 1.54) is 6.07 Å². The zero-order valence-electron chi connectivity index (χ0n) is 11.6. The van der Waals surface area contributed by atoms with Crippen LogP contribution in [0.2, 0.25) is 0 Å². The number of rotatable bonds is 4. The summed E-state index contributed by atoms with van der Waals surface area (Å²) in [4.78, 5) is 2.25. The first-order chi connectivity index (χ1) is 9.15. The molecule has 0 radical (unpaired) electrons. The third-order valence-corrected chi connectivity index (χ3v) is 4.03. The van der Waals surface area contributed by atoms with E-state index in [-0.39, 0.29) is 6.04 Å². The molecule has 0 saturated carbocycles. The summed E-state index contributed by atoms with van der Waals surface area (Å²) >= 11 is 0. The first-order valence-electron chi connectivity index (χ1n) is 7.05. The Hall–Kier alpha value is -1.00. The molecule has 2 atom stereocenters. The molecule has 4 heteroatoms. The van der Waals surface area contributed by atoms with Gasteiger partial charge in [-0.3, -0.25) is 4.90 Å². The molecule has 0 bridgehead atoms. The zero-order valence-corrected chi connectivity index (χ0v) is 11.6. The highest BCUT2D eigenvalue weighted by Crippen LogP contribution is 2.27. The Kier molecular flexibility index (Phi) is 4.88. The fourth-order valence-electron chi connectivity index (χ4n) is 2.99. The number of hydrogen-bond acceptors (Lipinski definition) is 2. The molecule has 1 aliphatic heterocycles. The third kappa shape index (κ3) is 3.12. The van der Waals surface area contributed by atoms with Crippen LogP contribution >= 0.6 is 0 Å². The lowest BCUT2D eigenvalue weighted by Crippen LogP contribution is -2.47. The van der Waals surface area contributed by atoms with Crippen molar-refractivity contribution in [1.29, 1.82) is 0 Å². The van der Waals surface area contributed by atoms with Gasteiger partial charge in [0, 0.05) is 24.2 Å². The second-order valence-electron chi connectivity index (χ2n) is 5.15. The largest absolute Gasteiger partial charge is 0.315 e. The van der Waals surface area contributed by atoms with Crippen molar-refractivity contribution in [3.8, 4) is 0 Å². The average molecular weight is 268 g/mol. The van der Waals surface area contributed by atoms with Crippen molar-refractivity contribution in [3.63, 3.8) is 0 Å². The van der Waals surface area contributed by atoms with Crippen LogP contribution in [0.25, 0.3) is 0 Å². The maximum absolute atomic E-state index is 13.9. The Bertz CT molecular complexity index is 417. The van der Waals surface area contributed by atoms with Crippen LogP contribution in [0.1, 0.15) is 38.3 Å². The van der Waals surface area contributed by atoms with Gasteiger partial charge in [-0.25, -0.2) is 8.78 Å². The fourth-order valence-corrected chi connectivity index (χ4v) is 2.99. The van der Waals surface area contributed by atoms with Gasteiger partial charge in [0.1, 0.15) is 0 Å². The predicted octanol–water partition coefficient (Wildman–Crippen LogP) is 3.10. The van der Waals surface area contributed by atoms with Gasteiger partial charge >= 0.3 is 0 Å². The van der Waals surface area contributed by atoms with Crippen LogP contribution < -0.4 is 5.32 Å². The van der Waals surface area contributed by atoms with E-state index in [1.54, 1.807) is 12.1 Å². The van der Waals surface area contributed by atoms with Crippen molar-refractivity contribution in [3.05, 3.63) is 35.4 Å². The highest BCUT2D eigenvalue weighted by Gasteiger charge is 2.26. The van der Waals surface area contributed by atoms with Gasteiger partial charge in [0.25, 0.3) is 0 Å². The molecule has 1 heterocycles. The molecular formula is C15H22F2N2. The van der Waals surface area contributed by atoms with E-state index in [1.807, 2.05) is 6.92 Å². The highest BCUT2D eigenvalue weighted by atomic mass is 19.2. The number of nitrogens with one attached hydrogen (secondary N) is 1. The molecular weight excluding hydrogens is 246 g/mol. The van der Waals surface area contributed by atoms with Gasteiger partial charge < -0.3 is 5.32 Å². The average Bonchev–Trinajstić information content (AvgIpc) is 2.44. The van der Waals surface area contributed by atoms with Crippen LogP contribution in [0, 0.1) is 11.6 Å². The quantitative estimate of drug-likeness (QED) is 0.902. The number of likely N-dealkylation sites (N-methyl/N-ethyl adjacent to an activating group) is 1. The number of piperidine rings is 1. The van der Waals surface area contributed by atoms with Crippen molar-refractivity contribution >= 4 is 0 Å². The Balaban J connectivity index is 2.19. The van der Waals surface area contributed by atoms with Crippen molar-refractivity contribution < 1.29 is 8.78 Å². The van der Waals surface area contributed by atoms with Gasteiger partial charge in [0.05, 0.1) is 0 Å². The molecule has 1 aliphatic rings. The molecule has 0 aliphatic carbocycles. The van der Waals surface area contributed by atoms with Crippen LogP contribution in [0.3, 0.4) is 0 Å². The standard InChI is InChI=1S/C15H22F2N2/c1-3-19(12-6-5-9-18-10-12)11(2)13-7-4-8-14(16)15(13)17/h4,7-8,11-12,18H,3,5-6,9-10H2,1-2H3. The zero-order chi connectivity index (χ0) is 13.8. The molecule has 2 rings (SSSR count). The second kappa shape index (κ2) is 6.44. The molecule has 0 amide bonds. The van der Waals surface area contributed by atoms with Gasteiger partial charge in [-0.15, -0.1) is 0 Å². The van der Waals surface area contributed by atoms with Crippen LogP contribution in [-0.4, -0.2) is 30.6 Å². The van der Waals surface area contributed by atoms with Crippen LogP contribution in [0.4, 0.5) is 8.78 Å². The van der Waals surface area contributed by atoms with Gasteiger partial charge in [-0.05, 0) is 38.9 Å². The predicted molar refractivity (Wildman–Crippen MR) is 73.0 cm³/mol. The lowest BCUT2D eigenvalue weighted by molar-refractivity contribution is 0.125. The Labute approximate surface area is 113 Å². The normalized spacial score (nSPS) is 21.6. The molecule has 106 valence electrons. The van der Waals surface area contributed by atoms with E-state index in [0.717, 1.165) is 32.5 Å². The van der Waals surface area contributed by atoms with Crippen molar-refractivity contribution in [2.75, 3.05) is 19.6 Å². The highest BCUT2D eigenvalue weighted by molar-refractivity contribution is 5.22. The molecule has 1 N–H and O–H groups in total. The Morgan fingerprint density at radius 3 is 2.84 bits per heavy atom. The topological polar surface area (TPSA) is 15.3 Å². The number of hydrogen-bond donors (Lipinski definition) is 1. The van der Waals surface area contributed by atoms with Gasteiger partial charge in [0.15, 0.2) is 11.6 Å². The summed E-state index contributed by atoms with van der Waals surface area (Å²) in [6, 6.07) is 4.73. The van der Waals surface area contributed by atoms with Gasteiger partial charge in [-0.2, -0.15) is 0 Å². The SMILES string of the molecule is CCN(C1CCCNC1)C(C)c1cccc(F)c1F. The van der Waals surface area contributed by atoms with E-state index in [2.05, 4.69) is 17.1 Å². The van der Waals surface area contributed by atoms with Crippen molar-refractivity contribution in [2.45, 2.75) is 38.8 Å². The van der Waals surface area contributed by atoms with E-state index in [0.29, 0.717) is 11.6 Å². The molecule has 1 saturated heterocycles. The monoisotopic (exact) mass is 268 g/mol. The summed E-state index contributed by atoms with van der Waals surface area (Å²) in [5.41, 5.74) is 0.451. The van der Waals surface area contributed by atoms with Crippen LogP contribution in [-0.2, 0) is 0 Å². The van der Waals surface area contributed by atoms with E-state index in [4.69, 9.17) is 0 Å². The molecule has 0 spiro atoms. The van der Waals surface area contributed by atoms with E-state index in [9.17, 15) is 8.78 Å². The van der Waals surface area contributed by atoms with Gasteiger partial charge in [0.2, 0.25) is 0 Å². The minimum absolute atomic E-state index is 0.106. The number of halogens is 2.